The average Bonchev–Trinajstić information content (AvgIpc) is 2.00. The molecule has 5 N–H and O–H groups in total. The van der Waals surface area contributed by atoms with Gasteiger partial charge in [0.25, 0.3) is 0 Å². The summed E-state index contributed by atoms with van der Waals surface area (Å²) in [5.41, 5.74) is 5.20. The molecule has 0 aromatic rings. The van der Waals surface area contributed by atoms with Gasteiger partial charge in [-0.25, -0.2) is 4.57 Å². The molecule has 0 aliphatic rings. The largest absolute Gasteiger partial charge is 0.469 e. The topological polar surface area (TPSA) is 139 Å². The Morgan fingerprint density at radius 1 is 1.57 bits per heavy atom. The highest BCUT2D eigenvalue weighted by Gasteiger charge is 2.28. The summed E-state index contributed by atoms with van der Waals surface area (Å²) in [6.07, 6.45) is -1.21. The van der Waals surface area contributed by atoms with Crippen LogP contribution in [0.1, 0.15) is 6.92 Å². The molecule has 0 amide bonds. The number of esters is 1. The molecule has 0 aliphatic heterocycles. The van der Waals surface area contributed by atoms with E-state index in [9.17, 15) is 9.36 Å². The van der Waals surface area contributed by atoms with Gasteiger partial charge in [0, 0.05) is 0 Å². The second-order valence-corrected chi connectivity index (χ2v) is 3.61. The van der Waals surface area contributed by atoms with Crippen LogP contribution in [0.5, 0.6) is 0 Å². The molecule has 0 heterocycles. The Labute approximate surface area is 79.9 Å². The molecule has 0 aliphatic carbocycles. The number of rotatable bonds is 5. The number of hydrogen-bond acceptors (Lipinski definition) is 6. The van der Waals surface area contributed by atoms with Crippen LogP contribution in [0.15, 0.2) is 0 Å². The molecule has 2 atom stereocenters. The first-order chi connectivity index (χ1) is 6.28. The highest BCUT2D eigenvalue weighted by Crippen LogP contribution is 2.37. The first kappa shape index (κ1) is 13.5. The summed E-state index contributed by atoms with van der Waals surface area (Å²) >= 11 is 0. The molecule has 14 heavy (non-hydrogen) atoms. The van der Waals surface area contributed by atoms with E-state index in [1.54, 1.807) is 0 Å². The van der Waals surface area contributed by atoms with E-state index in [4.69, 9.17) is 20.6 Å². The zero-order valence-electron chi connectivity index (χ0n) is 7.36. The normalized spacial score (nSPS) is 16.1. The van der Waals surface area contributed by atoms with Crippen LogP contribution >= 0.6 is 7.82 Å². The van der Waals surface area contributed by atoms with Crippen molar-refractivity contribution in [3.05, 3.63) is 0 Å². The van der Waals surface area contributed by atoms with Crippen molar-refractivity contribution in [3.63, 3.8) is 0 Å². The lowest BCUT2D eigenvalue weighted by Crippen LogP contribution is -2.42. The molecule has 0 saturated carbocycles. The molecule has 0 spiro atoms. The third-order valence-electron chi connectivity index (χ3n) is 1.29. The van der Waals surface area contributed by atoms with E-state index in [0.717, 1.165) is 0 Å². The third kappa shape index (κ3) is 5.28. The van der Waals surface area contributed by atoms with Crippen molar-refractivity contribution in [2.24, 2.45) is 5.73 Å². The van der Waals surface area contributed by atoms with Crippen molar-refractivity contribution in [2.45, 2.75) is 19.1 Å². The van der Waals surface area contributed by atoms with E-state index in [2.05, 4.69) is 9.26 Å². The number of ether oxygens (including phenoxy) is 1. The van der Waals surface area contributed by atoms with Crippen LogP contribution in [0.25, 0.3) is 0 Å². The summed E-state index contributed by atoms with van der Waals surface area (Å²) < 4.78 is 18.6. The predicted octanol–water partition coefficient (Wildman–Crippen LogP) is -1.70. The van der Waals surface area contributed by atoms with Gasteiger partial charge >= 0.3 is 13.8 Å². The minimum Gasteiger partial charge on any atom is -0.437 e. The predicted molar refractivity (Wildman–Crippen MR) is 43.7 cm³/mol. The fourth-order valence-electron chi connectivity index (χ4n) is 0.634. The van der Waals surface area contributed by atoms with Crippen LogP contribution in [0.2, 0.25) is 0 Å². The summed E-state index contributed by atoms with van der Waals surface area (Å²) in [4.78, 5) is 27.6. The number of phosphoric ester groups is 1. The van der Waals surface area contributed by atoms with Crippen LogP contribution in [-0.4, -0.2) is 39.8 Å². The van der Waals surface area contributed by atoms with E-state index in [1.807, 2.05) is 0 Å². The highest BCUT2D eigenvalue weighted by atomic mass is 31.2. The summed E-state index contributed by atoms with van der Waals surface area (Å²) in [6.45, 7) is 0.345. The van der Waals surface area contributed by atoms with Crippen molar-refractivity contribution in [1.82, 2.24) is 0 Å². The van der Waals surface area contributed by atoms with Crippen LogP contribution in [0.3, 0.4) is 0 Å². The fourth-order valence-corrected chi connectivity index (χ4v) is 1.20. The van der Waals surface area contributed by atoms with E-state index < -0.39 is 32.7 Å². The third-order valence-corrected chi connectivity index (χ3v) is 1.90. The highest BCUT2D eigenvalue weighted by molar-refractivity contribution is 7.46. The number of hydrogen-bond donors (Lipinski definition) is 4. The Morgan fingerprint density at radius 3 is 2.43 bits per heavy atom. The second-order valence-electron chi connectivity index (χ2n) is 2.42. The summed E-state index contributed by atoms with van der Waals surface area (Å²) in [5, 5.41) is 8.21. The minimum absolute atomic E-state index is 0.852. The Balaban J connectivity index is 4.18. The molecule has 0 aromatic heterocycles. The molecule has 0 unspecified atom stereocenters. The quantitative estimate of drug-likeness (QED) is 0.248. The van der Waals surface area contributed by atoms with Crippen molar-refractivity contribution >= 4 is 13.8 Å². The van der Waals surface area contributed by atoms with Gasteiger partial charge in [-0.3, -0.25) is 9.32 Å². The smallest absolute Gasteiger partial charge is 0.437 e. The summed E-state index contributed by atoms with van der Waals surface area (Å²) in [6, 6.07) is -1.37. The van der Waals surface area contributed by atoms with Gasteiger partial charge in [0.05, 0.1) is 6.10 Å². The van der Waals surface area contributed by atoms with Crippen molar-refractivity contribution in [3.8, 4) is 0 Å². The van der Waals surface area contributed by atoms with Gasteiger partial charge in [-0.1, -0.05) is 0 Å². The first-order valence-electron chi connectivity index (χ1n) is 3.55. The molecular weight excluding hydrogens is 217 g/mol. The van der Waals surface area contributed by atoms with Gasteiger partial charge in [0.1, 0.15) is 6.04 Å². The Bertz CT molecular complexity index is 238. The van der Waals surface area contributed by atoms with Crippen molar-refractivity contribution in [1.29, 1.82) is 0 Å². The molecule has 0 rings (SSSR count). The maximum atomic E-state index is 10.8. The van der Waals surface area contributed by atoms with Gasteiger partial charge in [0.15, 0.2) is 6.79 Å². The van der Waals surface area contributed by atoms with Crippen molar-refractivity contribution in [2.75, 3.05) is 6.79 Å². The Hall–Kier alpha value is -0.500. The molecule has 9 heteroatoms. The van der Waals surface area contributed by atoms with E-state index >= 15 is 0 Å². The molecule has 0 radical (unpaired) electrons. The molecule has 0 bridgehead atoms. The number of aliphatic hydroxyl groups is 1. The summed E-state index contributed by atoms with van der Waals surface area (Å²) in [5.74, 6) is -1.01. The number of aliphatic hydroxyl groups excluding tert-OH is 1. The Morgan fingerprint density at radius 2 is 2.07 bits per heavy atom. The van der Waals surface area contributed by atoms with E-state index in [-0.39, 0.29) is 0 Å². The van der Waals surface area contributed by atoms with Crippen LogP contribution in [-0.2, 0) is 18.6 Å². The molecule has 0 aromatic carbocycles. The molecule has 8 nitrogen and oxygen atoms in total. The first-order valence-corrected chi connectivity index (χ1v) is 5.08. The SMILES string of the molecule is C[C@@H](OP(=O)(O)O)[C@H](N)C(=O)OCO. The number of phosphoric acid groups is 1. The summed E-state index contributed by atoms with van der Waals surface area (Å²) in [7, 11) is -4.68. The molecule has 0 fully saturated rings. The van der Waals surface area contributed by atoms with Gasteiger partial charge in [-0.05, 0) is 6.92 Å². The van der Waals surface area contributed by atoms with Crippen molar-refractivity contribution < 1.29 is 33.5 Å². The Kier molecular flexibility index (Phi) is 5.21. The minimum atomic E-state index is -4.68. The van der Waals surface area contributed by atoms with E-state index in [1.165, 1.54) is 6.92 Å². The standard InChI is InChI=1S/C5H12NO7P/c1-3(13-14(9,10)11)4(6)5(8)12-2-7/h3-4,7H,2,6H2,1H3,(H2,9,10,11)/t3-,4+/m1/s1. The lowest BCUT2D eigenvalue weighted by Gasteiger charge is -2.18. The monoisotopic (exact) mass is 229 g/mol. The maximum absolute atomic E-state index is 10.8. The average molecular weight is 229 g/mol. The lowest BCUT2D eigenvalue weighted by molar-refractivity contribution is -0.155. The number of carbonyl (C=O) groups is 1. The number of nitrogens with two attached hydrogens (primary N) is 1. The van der Waals surface area contributed by atoms with Crippen LogP contribution < -0.4 is 5.73 Å². The fraction of sp³-hybridized carbons (Fsp3) is 0.800. The number of carbonyl (C=O) groups excluding carboxylic acids is 1. The zero-order chi connectivity index (χ0) is 11.4. The molecular formula is C5H12NO7P. The lowest BCUT2D eigenvalue weighted by atomic mass is 10.2. The maximum Gasteiger partial charge on any atom is 0.469 e. The van der Waals surface area contributed by atoms with Gasteiger partial charge in [-0.2, -0.15) is 0 Å². The van der Waals surface area contributed by atoms with Gasteiger partial charge in [-0.15, -0.1) is 0 Å². The van der Waals surface area contributed by atoms with Crippen LogP contribution in [0.4, 0.5) is 0 Å². The molecule has 84 valence electrons. The van der Waals surface area contributed by atoms with Gasteiger partial charge in [0.2, 0.25) is 0 Å². The van der Waals surface area contributed by atoms with Gasteiger partial charge < -0.3 is 25.4 Å². The second kappa shape index (κ2) is 5.40. The zero-order valence-corrected chi connectivity index (χ0v) is 8.26. The van der Waals surface area contributed by atoms with Crippen LogP contribution in [0, 0.1) is 0 Å². The van der Waals surface area contributed by atoms with E-state index in [0.29, 0.717) is 0 Å². The molecule has 0 saturated heterocycles.